The van der Waals surface area contributed by atoms with Crippen molar-refractivity contribution < 1.29 is 0 Å². The number of hydrogen-bond donors (Lipinski definition) is 1. The van der Waals surface area contributed by atoms with Crippen LogP contribution in [0.15, 0.2) is 6.33 Å². The molecule has 76 valence electrons. The molecule has 0 fully saturated rings. The second-order valence-corrected chi connectivity index (χ2v) is 3.76. The first kappa shape index (κ1) is 9.55. The molecule has 14 heavy (non-hydrogen) atoms. The lowest BCUT2D eigenvalue weighted by Gasteiger charge is -2.25. The molecule has 0 saturated heterocycles. The summed E-state index contributed by atoms with van der Waals surface area (Å²) in [7, 11) is 4.08. The summed E-state index contributed by atoms with van der Waals surface area (Å²) in [5, 5.41) is 3.14. The van der Waals surface area contributed by atoms with Gasteiger partial charge in [-0.1, -0.05) is 0 Å². The van der Waals surface area contributed by atoms with Gasteiger partial charge in [0.2, 0.25) is 0 Å². The Labute approximate surface area is 84.4 Å². The normalized spacial score (nSPS) is 16.7. The zero-order valence-electron chi connectivity index (χ0n) is 8.75. The molecule has 0 aromatic carbocycles. The van der Waals surface area contributed by atoms with Gasteiger partial charge < -0.3 is 10.2 Å². The third kappa shape index (κ3) is 1.76. The fourth-order valence-electron chi connectivity index (χ4n) is 1.85. The van der Waals surface area contributed by atoms with Crippen LogP contribution in [0.4, 0.5) is 0 Å². The molecule has 0 aliphatic carbocycles. The quantitative estimate of drug-likeness (QED) is 0.726. The predicted octanol–water partition coefficient (Wildman–Crippen LogP) is 0.184. The highest BCUT2D eigenvalue weighted by Gasteiger charge is 2.17. The molecule has 2 rings (SSSR count). The van der Waals surface area contributed by atoms with Crippen LogP contribution in [0.25, 0.3) is 0 Å². The minimum atomic E-state index is 0.832. The fraction of sp³-hybridized carbons (Fsp3) is 0.600. The van der Waals surface area contributed by atoms with Crippen molar-refractivity contribution in [3.05, 3.63) is 23.3 Å². The zero-order chi connectivity index (χ0) is 9.97. The lowest BCUT2D eigenvalue weighted by Crippen LogP contribution is -2.29. The summed E-state index contributed by atoms with van der Waals surface area (Å²) in [6, 6.07) is 0. The van der Waals surface area contributed by atoms with Gasteiger partial charge in [-0.15, -0.1) is 0 Å². The van der Waals surface area contributed by atoms with Gasteiger partial charge in [-0.2, -0.15) is 0 Å². The van der Waals surface area contributed by atoms with Gasteiger partial charge in [0.1, 0.15) is 6.33 Å². The van der Waals surface area contributed by atoms with Crippen LogP contribution in [-0.4, -0.2) is 35.5 Å². The molecule has 0 unspecified atom stereocenters. The molecule has 0 bridgehead atoms. The van der Waals surface area contributed by atoms with Gasteiger partial charge in [0, 0.05) is 37.3 Å². The molecule has 0 saturated carbocycles. The molecule has 1 aromatic heterocycles. The third-order valence-corrected chi connectivity index (χ3v) is 2.63. The Balaban J connectivity index is 2.33. The van der Waals surface area contributed by atoms with Crippen LogP contribution in [0.1, 0.15) is 17.0 Å². The minimum absolute atomic E-state index is 0.832. The van der Waals surface area contributed by atoms with Crippen LogP contribution in [0.2, 0.25) is 0 Å². The monoisotopic (exact) mass is 192 g/mol. The Hall–Kier alpha value is -1.00. The second kappa shape index (κ2) is 4.02. The van der Waals surface area contributed by atoms with E-state index in [-0.39, 0.29) is 0 Å². The lowest BCUT2D eigenvalue weighted by atomic mass is 10.0. The maximum Gasteiger partial charge on any atom is 0.116 e. The van der Waals surface area contributed by atoms with Gasteiger partial charge in [-0.3, -0.25) is 0 Å². The highest BCUT2D eigenvalue weighted by atomic mass is 15.1. The van der Waals surface area contributed by atoms with E-state index >= 15 is 0 Å². The molecule has 0 spiro atoms. The molecule has 1 aliphatic rings. The molecule has 0 radical (unpaired) electrons. The summed E-state index contributed by atoms with van der Waals surface area (Å²) in [4.78, 5) is 11.0. The van der Waals surface area contributed by atoms with Crippen molar-refractivity contribution in [3.63, 3.8) is 0 Å². The van der Waals surface area contributed by atoms with Crippen LogP contribution < -0.4 is 5.32 Å². The Morgan fingerprint density at radius 2 is 2.36 bits per heavy atom. The number of hydrogen-bond acceptors (Lipinski definition) is 4. The first-order valence-electron chi connectivity index (χ1n) is 4.96. The van der Waals surface area contributed by atoms with Crippen molar-refractivity contribution in [1.29, 1.82) is 0 Å². The summed E-state index contributed by atoms with van der Waals surface area (Å²) in [6.45, 7) is 2.91. The van der Waals surface area contributed by atoms with Crippen LogP contribution in [-0.2, 0) is 19.5 Å². The van der Waals surface area contributed by atoms with E-state index in [0.717, 1.165) is 31.7 Å². The number of fused-ring (bicyclic) bond motifs is 1. The maximum absolute atomic E-state index is 4.33. The summed E-state index contributed by atoms with van der Waals surface area (Å²) < 4.78 is 0. The SMILES string of the molecule is CNCc1ncnc2c1CN(C)CC2. The van der Waals surface area contributed by atoms with E-state index < -0.39 is 0 Å². The number of nitrogens with one attached hydrogen (secondary N) is 1. The fourth-order valence-corrected chi connectivity index (χ4v) is 1.85. The third-order valence-electron chi connectivity index (χ3n) is 2.63. The summed E-state index contributed by atoms with van der Waals surface area (Å²) in [6.07, 6.45) is 2.72. The van der Waals surface area contributed by atoms with Gasteiger partial charge in [0.05, 0.1) is 5.69 Å². The molecular formula is C10H16N4. The van der Waals surface area contributed by atoms with E-state index in [4.69, 9.17) is 0 Å². The largest absolute Gasteiger partial charge is 0.314 e. The van der Waals surface area contributed by atoms with Crippen LogP contribution in [0.5, 0.6) is 0 Å². The van der Waals surface area contributed by atoms with E-state index in [0.29, 0.717) is 0 Å². The molecule has 4 heteroatoms. The second-order valence-electron chi connectivity index (χ2n) is 3.76. The summed E-state index contributed by atoms with van der Waals surface area (Å²) in [5.41, 5.74) is 3.68. The number of likely N-dealkylation sites (N-methyl/N-ethyl adjacent to an activating group) is 1. The molecular weight excluding hydrogens is 176 g/mol. The van der Waals surface area contributed by atoms with Gasteiger partial charge in [0.15, 0.2) is 0 Å². The van der Waals surface area contributed by atoms with E-state index in [1.807, 2.05) is 7.05 Å². The van der Waals surface area contributed by atoms with Crippen molar-refractivity contribution in [2.45, 2.75) is 19.5 Å². The molecule has 1 aliphatic heterocycles. The van der Waals surface area contributed by atoms with Crippen molar-refractivity contribution in [3.8, 4) is 0 Å². The standard InChI is InChI=1S/C10H16N4/c1-11-5-10-8-6-14(2)4-3-9(8)12-7-13-10/h7,11H,3-6H2,1-2H3. The average molecular weight is 192 g/mol. The topological polar surface area (TPSA) is 41.1 Å². The Kier molecular flexibility index (Phi) is 2.74. The minimum Gasteiger partial charge on any atom is -0.314 e. The van der Waals surface area contributed by atoms with Crippen LogP contribution in [0.3, 0.4) is 0 Å². The molecule has 1 aromatic rings. The molecule has 4 nitrogen and oxygen atoms in total. The van der Waals surface area contributed by atoms with Crippen molar-refractivity contribution in [2.24, 2.45) is 0 Å². The van der Waals surface area contributed by atoms with Gasteiger partial charge in [-0.25, -0.2) is 9.97 Å². The molecule has 0 atom stereocenters. The lowest BCUT2D eigenvalue weighted by molar-refractivity contribution is 0.307. The van der Waals surface area contributed by atoms with Crippen molar-refractivity contribution in [2.75, 3.05) is 20.6 Å². The van der Waals surface area contributed by atoms with Crippen molar-refractivity contribution in [1.82, 2.24) is 20.2 Å². The smallest absolute Gasteiger partial charge is 0.116 e. The first-order chi connectivity index (χ1) is 6.81. The summed E-state index contributed by atoms with van der Waals surface area (Å²) >= 11 is 0. The van der Waals surface area contributed by atoms with E-state index in [1.165, 1.54) is 11.3 Å². The predicted molar refractivity (Wildman–Crippen MR) is 54.8 cm³/mol. The number of aromatic nitrogens is 2. The van der Waals surface area contributed by atoms with Crippen LogP contribution in [0, 0.1) is 0 Å². The van der Waals surface area contributed by atoms with E-state index in [2.05, 4.69) is 27.2 Å². The van der Waals surface area contributed by atoms with Crippen molar-refractivity contribution >= 4 is 0 Å². The maximum atomic E-state index is 4.33. The average Bonchev–Trinajstić information content (AvgIpc) is 2.19. The number of nitrogens with zero attached hydrogens (tertiary/aromatic N) is 3. The van der Waals surface area contributed by atoms with Gasteiger partial charge in [0.25, 0.3) is 0 Å². The Bertz CT molecular complexity index is 324. The highest BCUT2D eigenvalue weighted by molar-refractivity contribution is 5.26. The Morgan fingerprint density at radius 1 is 1.50 bits per heavy atom. The molecule has 2 heterocycles. The zero-order valence-corrected chi connectivity index (χ0v) is 8.75. The first-order valence-corrected chi connectivity index (χ1v) is 4.96. The van der Waals surface area contributed by atoms with Gasteiger partial charge in [-0.05, 0) is 14.1 Å². The highest BCUT2D eigenvalue weighted by Crippen LogP contribution is 2.17. The Morgan fingerprint density at radius 3 is 3.14 bits per heavy atom. The number of rotatable bonds is 2. The summed E-state index contributed by atoms with van der Waals surface area (Å²) in [5.74, 6) is 0. The molecule has 1 N–H and O–H groups in total. The van der Waals surface area contributed by atoms with E-state index in [1.54, 1.807) is 6.33 Å². The van der Waals surface area contributed by atoms with E-state index in [9.17, 15) is 0 Å². The van der Waals surface area contributed by atoms with Crippen LogP contribution >= 0.6 is 0 Å². The van der Waals surface area contributed by atoms with Gasteiger partial charge >= 0.3 is 0 Å². The molecule has 0 amide bonds.